The van der Waals surface area contributed by atoms with E-state index in [1.165, 1.54) is 24.9 Å². The van der Waals surface area contributed by atoms with Crippen LogP contribution in [0.2, 0.25) is 0 Å². The van der Waals surface area contributed by atoms with Crippen molar-refractivity contribution in [3.63, 3.8) is 0 Å². The number of rotatable bonds is 9. The van der Waals surface area contributed by atoms with Crippen molar-refractivity contribution in [3.05, 3.63) is 35.9 Å². The van der Waals surface area contributed by atoms with Gasteiger partial charge in [0.25, 0.3) is 0 Å². The summed E-state index contributed by atoms with van der Waals surface area (Å²) in [5.41, 5.74) is 1.41. The molecule has 0 spiro atoms. The standard InChI is InChI=1S/C17H30N2/c1-15(2)18-12-8-9-13-19(16(3)4)14-17-10-6-5-7-11-17/h5-7,10-11,15-16,18H,8-9,12-14H2,1-4H3. The van der Waals surface area contributed by atoms with Gasteiger partial charge in [-0.15, -0.1) is 0 Å². The summed E-state index contributed by atoms with van der Waals surface area (Å²) in [6.07, 6.45) is 2.53. The minimum absolute atomic E-state index is 0.602. The second-order valence-electron chi connectivity index (χ2n) is 5.87. The summed E-state index contributed by atoms with van der Waals surface area (Å²) in [7, 11) is 0. The molecule has 0 atom stereocenters. The first kappa shape index (κ1) is 16.2. The molecule has 0 aromatic heterocycles. The van der Waals surface area contributed by atoms with Crippen LogP contribution in [0.15, 0.2) is 30.3 Å². The minimum Gasteiger partial charge on any atom is -0.315 e. The third-order valence-corrected chi connectivity index (χ3v) is 3.38. The normalized spacial score (nSPS) is 11.7. The highest BCUT2D eigenvalue weighted by Gasteiger charge is 2.09. The molecule has 0 bridgehead atoms. The van der Waals surface area contributed by atoms with Crippen molar-refractivity contribution in [2.75, 3.05) is 13.1 Å². The smallest absolute Gasteiger partial charge is 0.0236 e. The fraction of sp³-hybridized carbons (Fsp3) is 0.647. The zero-order chi connectivity index (χ0) is 14.1. The fourth-order valence-electron chi connectivity index (χ4n) is 2.17. The van der Waals surface area contributed by atoms with Gasteiger partial charge < -0.3 is 5.32 Å². The number of hydrogen-bond donors (Lipinski definition) is 1. The lowest BCUT2D eigenvalue weighted by Crippen LogP contribution is -2.32. The summed E-state index contributed by atoms with van der Waals surface area (Å²) >= 11 is 0. The Morgan fingerprint density at radius 1 is 1.00 bits per heavy atom. The van der Waals surface area contributed by atoms with Crippen molar-refractivity contribution in [3.8, 4) is 0 Å². The van der Waals surface area contributed by atoms with Crippen LogP contribution in [0.5, 0.6) is 0 Å². The van der Waals surface area contributed by atoms with E-state index in [0.717, 1.165) is 13.1 Å². The molecule has 0 unspecified atom stereocenters. The van der Waals surface area contributed by atoms with Gasteiger partial charge in [-0.3, -0.25) is 4.90 Å². The molecule has 2 nitrogen and oxygen atoms in total. The Hall–Kier alpha value is -0.860. The molecule has 0 amide bonds. The Balaban J connectivity index is 2.29. The first-order valence-electron chi connectivity index (χ1n) is 7.61. The van der Waals surface area contributed by atoms with Gasteiger partial charge in [-0.1, -0.05) is 44.2 Å². The molecular weight excluding hydrogens is 232 g/mol. The van der Waals surface area contributed by atoms with Gasteiger partial charge in [-0.2, -0.15) is 0 Å². The second kappa shape index (κ2) is 9.11. The Morgan fingerprint density at radius 3 is 2.26 bits per heavy atom. The van der Waals surface area contributed by atoms with Crippen LogP contribution < -0.4 is 5.32 Å². The van der Waals surface area contributed by atoms with Crippen LogP contribution in [0.1, 0.15) is 46.1 Å². The maximum atomic E-state index is 3.48. The van der Waals surface area contributed by atoms with Gasteiger partial charge in [0.1, 0.15) is 0 Å². The Morgan fingerprint density at radius 2 is 1.68 bits per heavy atom. The van der Waals surface area contributed by atoms with E-state index in [1.54, 1.807) is 0 Å². The summed E-state index contributed by atoms with van der Waals surface area (Å²) < 4.78 is 0. The van der Waals surface area contributed by atoms with Crippen LogP contribution in [0, 0.1) is 0 Å². The van der Waals surface area contributed by atoms with E-state index in [0.29, 0.717) is 12.1 Å². The van der Waals surface area contributed by atoms with Gasteiger partial charge in [-0.25, -0.2) is 0 Å². The minimum atomic E-state index is 0.602. The van der Waals surface area contributed by atoms with Crippen molar-refractivity contribution in [1.82, 2.24) is 10.2 Å². The highest BCUT2D eigenvalue weighted by atomic mass is 15.1. The van der Waals surface area contributed by atoms with Crippen LogP contribution in [0.25, 0.3) is 0 Å². The molecule has 0 radical (unpaired) electrons. The molecule has 0 fully saturated rings. The SMILES string of the molecule is CC(C)NCCCCN(Cc1ccccc1)C(C)C. The Kier molecular flexibility index (Phi) is 7.76. The molecule has 1 aromatic rings. The quantitative estimate of drug-likeness (QED) is 0.683. The summed E-state index contributed by atoms with van der Waals surface area (Å²) in [4.78, 5) is 2.56. The highest BCUT2D eigenvalue weighted by Crippen LogP contribution is 2.09. The summed E-state index contributed by atoms with van der Waals surface area (Å²) in [6, 6.07) is 12.0. The zero-order valence-electron chi connectivity index (χ0n) is 13.0. The summed E-state index contributed by atoms with van der Waals surface area (Å²) in [5, 5.41) is 3.48. The fourth-order valence-corrected chi connectivity index (χ4v) is 2.17. The van der Waals surface area contributed by atoms with Crippen LogP contribution in [0.3, 0.4) is 0 Å². The van der Waals surface area contributed by atoms with E-state index < -0.39 is 0 Å². The number of benzene rings is 1. The van der Waals surface area contributed by atoms with Gasteiger partial charge in [0.2, 0.25) is 0 Å². The third-order valence-electron chi connectivity index (χ3n) is 3.38. The van der Waals surface area contributed by atoms with Gasteiger partial charge >= 0.3 is 0 Å². The van der Waals surface area contributed by atoms with E-state index >= 15 is 0 Å². The van der Waals surface area contributed by atoms with Crippen LogP contribution >= 0.6 is 0 Å². The van der Waals surface area contributed by atoms with E-state index in [-0.39, 0.29) is 0 Å². The first-order chi connectivity index (χ1) is 9.09. The van der Waals surface area contributed by atoms with Crippen LogP contribution in [-0.4, -0.2) is 30.1 Å². The largest absolute Gasteiger partial charge is 0.315 e. The lowest BCUT2D eigenvalue weighted by Gasteiger charge is -2.26. The molecular formula is C17H30N2. The van der Waals surface area contributed by atoms with Crippen LogP contribution in [-0.2, 0) is 6.54 Å². The molecule has 0 saturated carbocycles. The molecule has 19 heavy (non-hydrogen) atoms. The maximum absolute atomic E-state index is 3.48. The molecule has 2 heteroatoms. The lowest BCUT2D eigenvalue weighted by atomic mass is 10.1. The van der Waals surface area contributed by atoms with E-state index in [4.69, 9.17) is 0 Å². The summed E-state index contributed by atoms with van der Waals surface area (Å²) in [6.45, 7) is 12.4. The molecule has 0 aliphatic carbocycles. The molecule has 1 rings (SSSR count). The predicted octanol–water partition coefficient (Wildman–Crippen LogP) is 3.68. The molecule has 0 aliphatic heterocycles. The Bertz CT molecular complexity index is 319. The van der Waals surface area contributed by atoms with Crippen molar-refractivity contribution in [1.29, 1.82) is 0 Å². The van der Waals surface area contributed by atoms with E-state index in [1.807, 2.05) is 0 Å². The van der Waals surface area contributed by atoms with Crippen molar-refractivity contribution < 1.29 is 0 Å². The second-order valence-corrected chi connectivity index (χ2v) is 5.87. The number of nitrogens with one attached hydrogen (secondary N) is 1. The summed E-state index contributed by atoms with van der Waals surface area (Å²) in [5.74, 6) is 0. The predicted molar refractivity (Wildman–Crippen MR) is 84.4 cm³/mol. The first-order valence-corrected chi connectivity index (χ1v) is 7.61. The maximum Gasteiger partial charge on any atom is 0.0236 e. The van der Waals surface area contributed by atoms with Gasteiger partial charge in [0.05, 0.1) is 0 Å². The van der Waals surface area contributed by atoms with Crippen molar-refractivity contribution in [2.24, 2.45) is 0 Å². The van der Waals surface area contributed by atoms with Gasteiger partial charge in [0.15, 0.2) is 0 Å². The lowest BCUT2D eigenvalue weighted by molar-refractivity contribution is 0.208. The molecule has 0 aliphatic rings. The number of unbranched alkanes of at least 4 members (excludes halogenated alkanes) is 1. The van der Waals surface area contributed by atoms with Crippen molar-refractivity contribution in [2.45, 2.75) is 59.2 Å². The highest BCUT2D eigenvalue weighted by molar-refractivity contribution is 5.14. The third kappa shape index (κ3) is 7.34. The zero-order valence-corrected chi connectivity index (χ0v) is 13.0. The molecule has 0 saturated heterocycles. The average molecular weight is 262 g/mol. The van der Waals surface area contributed by atoms with E-state index in [9.17, 15) is 0 Å². The average Bonchev–Trinajstić information content (AvgIpc) is 2.37. The molecule has 108 valence electrons. The number of nitrogens with zero attached hydrogens (tertiary/aromatic N) is 1. The topological polar surface area (TPSA) is 15.3 Å². The molecule has 1 N–H and O–H groups in total. The number of hydrogen-bond acceptors (Lipinski definition) is 2. The molecule has 1 aromatic carbocycles. The molecule has 0 heterocycles. The van der Waals surface area contributed by atoms with Gasteiger partial charge in [-0.05, 0) is 45.3 Å². The van der Waals surface area contributed by atoms with Gasteiger partial charge in [0, 0.05) is 18.6 Å². The monoisotopic (exact) mass is 262 g/mol. The van der Waals surface area contributed by atoms with E-state index in [2.05, 4.69) is 68.2 Å². The van der Waals surface area contributed by atoms with Crippen LogP contribution in [0.4, 0.5) is 0 Å². The Labute approximate surface area is 119 Å². The van der Waals surface area contributed by atoms with Crippen molar-refractivity contribution >= 4 is 0 Å².